The number of hydrogen-bond acceptors (Lipinski definition) is 6. The van der Waals surface area contributed by atoms with Gasteiger partial charge in [0.05, 0.1) is 5.52 Å². The predicted molar refractivity (Wildman–Crippen MR) is 111 cm³/mol. The van der Waals surface area contributed by atoms with Crippen molar-refractivity contribution < 1.29 is 9.47 Å². The molecule has 0 atom stereocenters. The van der Waals surface area contributed by atoms with Crippen LogP contribution in [0.2, 0.25) is 5.02 Å². The molecule has 0 unspecified atom stereocenters. The number of piperidine rings is 1. The molecule has 2 aliphatic heterocycles. The highest BCUT2D eigenvalue weighted by atomic mass is 35.5. The number of halogens is 1. The van der Waals surface area contributed by atoms with Gasteiger partial charge in [-0.15, -0.1) is 0 Å². The Morgan fingerprint density at radius 3 is 2.71 bits per heavy atom. The molecule has 0 saturated carbocycles. The van der Waals surface area contributed by atoms with E-state index in [1.165, 1.54) is 19.3 Å². The van der Waals surface area contributed by atoms with E-state index in [0.717, 1.165) is 52.8 Å². The van der Waals surface area contributed by atoms with E-state index in [1.54, 1.807) is 0 Å². The van der Waals surface area contributed by atoms with Gasteiger partial charge in [0.25, 0.3) is 0 Å². The van der Waals surface area contributed by atoms with Crippen LogP contribution in [0.5, 0.6) is 11.5 Å². The summed E-state index contributed by atoms with van der Waals surface area (Å²) in [5, 5.41) is 5.07. The van der Waals surface area contributed by atoms with Crippen molar-refractivity contribution in [1.82, 2.24) is 9.97 Å². The van der Waals surface area contributed by atoms with Crippen LogP contribution in [0, 0.1) is 0 Å². The maximum Gasteiger partial charge on any atom is 0.231 e. The molecule has 3 heterocycles. The first-order chi connectivity index (χ1) is 13.8. The quantitative estimate of drug-likeness (QED) is 0.694. The maximum absolute atomic E-state index is 6.24. The van der Waals surface area contributed by atoms with Gasteiger partial charge >= 0.3 is 0 Å². The smallest absolute Gasteiger partial charge is 0.231 e. The molecular formula is C21H21ClN4O2. The molecular weight excluding hydrogens is 376 g/mol. The summed E-state index contributed by atoms with van der Waals surface area (Å²) in [5.74, 6) is 3.15. The van der Waals surface area contributed by atoms with E-state index in [2.05, 4.69) is 10.2 Å². The van der Waals surface area contributed by atoms with Crippen molar-refractivity contribution in [3.05, 3.63) is 47.0 Å². The van der Waals surface area contributed by atoms with E-state index in [9.17, 15) is 0 Å². The van der Waals surface area contributed by atoms with Crippen molar-refractivity contribution >= 4 is 34.3 Å². The van der Waals surface area contributed by atoms with Crippen molar-refractivity contribution in [2.45, 2.75) is 25.8 Å². The van der Waals surface area contributed by atoms with Gasteiger partial charge in [0, 0.05) is 30.0 Å². The van der Waals surface area contributed by atoms with Crippen molar-refractivity contribution in [3.63, 3.8) is 0 Å². The third-order valence-electron chi connectivity index (χ3n) is 5.18. The summed E-state index contributed by atoms with van der Waals surface area (Å²) in [6, 6.07) is 11.7. The molecule has 6 nitrogen and oxygen atoms in total. The lowest BCUT2D eigenvalue weighted by Crippen LogP contribution is -2.31. The number of ether oxygens (including phenoxy) is 2. The second-order valence-electron chi connectivity index (χ2n) is 7.12. The highest BCUT2D eigenvalue weighted by Gasteiger charge is 2.17. The fourth-order valence-corrected chi connectivity index (χ4v) is 3.87. The van der Waals surface area contributed by atoms with Crippen LogP contribution in [-0.4, -0.2) is 29.9 Å². The van der Waals surface area contributed by atoms with E-state index in [4.69, 9.17) is 31.0 Å². The van der Waals surface area contributed by atoms with Crippen LogP contribution in [-0.2, 0) is 6.54 Å². The molecule has 0 aliphatic carbocycles. The largest absolute Gasteiger partial charge is 0.454 e. The van der Waals surface area contributed by atoms with Gasteiger partial charge in [0.2, 0.25) is 12.7 Å². The Kier molecular flexibility index (Phi) is 4.56. The summed E-state index contributed by atoms with van der Waals surface area (Å²) in [6.45, 7) is 2.90. The van der Waals surface area contributed by atoms with E-state index < -0.39 is 0 Å². The third-order valence-corrected chi connectivity index (χ3v) is 5.42. The second-order valence-corrected chi connectivity index (χ2v) is 7.56. The van der Waals surface area contributed by atoms with Crippen LogP contribution in [0.15, 0.2) is 36.4 Å². The van der Waals surface area contributed by atoms with Gasteiger partial charge < -0.3 is 19.7 Å². The molecule has 1 N–H and O–H groups in total. The number of hydrogen-bond donors (Lipinski definition) is 1. The summed E-state index contributed by atoms with van der Waals surface area (Å²) in [7, 11) is 0. The minimum absolute atomic E-state index is 0.278. The molecule has 0 spiro atoms. The maximum atomic E-state index is 6.24. The van der Waals surface area contributed by atoms with Crippen LogP contribution >= 0.6 is 11.6 Å². The fraction of sp³-hybridized carbons (Fsp3) is 0.333. The fourth-order valence-electron chi connectivity index (χ4n) is 3.70. The van der Waals surface area contributed by atoms with Gasteiger partial charge in [-0.1, -0.05) is 17.7 Å². The number of rotatable bonds is 4. The van der Waals surface area contributed by atoms with E-state index in [0.29, 0.717) is 11.6 Å². The number of fused-ring (bicyclic) bond motifs is 2. The highest BCUT2D eigenvalue weighted by molar-refractivity contribution is 6.31. The zero-order valence-corrected chi connectivity index (χ0v) is 16.2. The van der Waals surface area contributed by atoms with Crippen LogP contribution in [0.3, 0.4) is 0 Å². The standard InChI is InChI=1S/C21H21ClN4O2/c22-15-5-6-17-16(11-15)20(25-21(24-17)26-8-2-1-3-9-26)23-12-14-4-7-18-19(10-14)28-13-27-18/h4-7,10-11H,1-3,8-9,12-13H2,(H,23,24,25). The highest BCUT2D eigenvalue weighted by Crippen LogP contribution is 2.33. The van der Waals surface area contributed by atoms with E-state index in [1.807, 2.05) is 36.4 Å². The molecule has 2 aromatic carbocycles. The van der Waals surface area contributed by atoms with Gasteiger partial charge in [-0.2, -0.15) is 4.98 Å². The van der Waals surface area contributed by atoms with Gasteiger partial charge in [0.1, 0.15) is 5.82 Å². The van der Waals surface area contributed by atoms with E-state index in [-0.39, 0.29) is 6.79 Å². The Labute approximate surface area is 168 Å². The first-order valence-corrected chi connectivity index (χ1v) is 9.99. The summed E-state index contributed by atoms with van der Waals surface area (Å²) < 4.78 is 10.9. The first kappa shape index (κ1) is 17.4. The molecule has 28 heavy (non-hydrogen) atoms. The number of anilines is 2. The van der Waals surface area contributed by atoms with Crippen LogP contribution in [0.1, 0.15) is 24.8 Å². The Bertz CT molecular complexity index is 1020. The summed E-state index contributed by atoms with van der Waals surface area (Å²) in [4.78, 5) is 11.9. The molecule has 7 heteroatoms. The van der Waals surface area contributed by atoms with Crippen LogP contribution < -0.4 is 19.7 Å². The van der Waals surface area contributed by atoms with Crippen molar-refractivity contribution in [2.24, 2.45) is 0 Å². The van der Waals surface area contributed by atoms with Crippen molar-refractivity contribution in [2.75, 3.05) is 30.1 Å². The molecule has 1 fully saturated rings. The lowest BCUT2D eigenvalue weighted by molar-refractivity contribution is 0.174. The molecule has 2 aliphatic rings. The monoisotopic (exact) mass is 396 g/mol. The predicted octanol–water partition coefficient (Wildman–Crippen LogP) is 4.61. The Hall–Kier alpha value is -2.73. The van der Waals surface area contributed by atoms with Gasteiger partial charge in [-0.25, -0.2) is 4.98 Å². The minimum Gasteiger partial charge on any atom is -0.454 e. The Morgan fingerprint density at radius 2 is 1.82 bits per heavy atom. The van der Waals surface area contributed by atoms with Gasteiger partial charge in [-0.05, 0) is 55.2 Å². The van der Waals surface area contributed by atoms with Gasteiger partial charge in [0.15, 0.2) is 11.5 Å². The average molecular weight is 397 g/mol. The lowest BCUT2D eigenvalue weighted by Gasteiger charge is -2.27. The van der Waals surface area contributed by atoms with Crippen LogP contribution in [0.25, 0.3) is 10.9 Å². The molecule has 1 aromatic heterocycles. The molecule has 3 aromatic rings. The SMILES string of the molecule is Clc1ccc2nc(N3CCCCC3)nc(NCc3ccc4c(c3)OCO4)c2c1. The molecule has 0 bridgehead atoms. The van der Waals surface area contributed by atoms with Crippen molar-refractivity contribution in [3.8, 4) is 11.5 Å². The number of nitrogens with zero attached hydrogens (tertiary/aromatic N) is 3. The molecule has 144 valence electrons. The molecule has 0 amide bonds. The number of benzene rings is 2. The first-order valence-electron chi connectivity index (χ1n) is 9.61. The molecule has 0 radical (unpaired) electrons. The Morgan fingerprint density at radius 1 is 0.964 bits per heavy atom. The Balaban J connectivity index is 1.46. The summed E-state index contributed by atoms with van der Waals surface area (Å²) in [5.41, 5.74) is 1.99. The van der Waals surface area contributed by atoms with Crippen LogP contribution in [0.4, 0.5) is 11.8 Å². The van der Waals surface area contributed by atoms with Gasteiger partial charge in [-0.3, -0.25) is 0 Å². The number of aromatic nitrogens is 2. The summed E-state index contributed by atoms with van der Waals surface area (Å²) in [6.07, 6.45) is 3.64. The normalized spacial score (nSPS) is 15.8. The third kappa shape index (κ3) is 3.40. The average Bonchev–Trinajstić information content (AvgIpc) is 3.20. The molecule has 1 saturated heterocycles. The van der Waals surface area contributed by atoms with E-state index >= 15 is 0 Å². The minimum atomic E-state index is 0.278. The zero-order chi connectivity index (χ0) is 18.9. The summed E-state index contributed by atoms with van der Waals surface area (Å²) >= 11 is 6.24. The zero-order valence-electron chi connectivity index (χ0n) is 15.4. The lowest BCUT2D eigenvalue weighted by atomic mass is 10.1. The van der Waals surface area contributed by atoms with Crippen molar-refractivity contribution in [1.29, 1.82) is 0 Å². The topological polar surface area (TPSA) is 59.5 Å². The second kappa shape index (κ2) is 7.36. The molecule has 5 rings (SSSR count). The number of nitrogens with one attached hydrogen (secondary N) is 1.